The fraction of sp³-hybridized carbons (Fsp3) is 0.444. The van der Waals surface area contributed by atoms with Crippen LogP contribution < -0.4 is 10.1 Å². The number of hydrogen-bond acceptors (Lipinski definition) is 6. The highest BCUT2D eigenvalue weighted by molar-refractivity contribution is 5.90. The maximum absolute atomic E-state index is 13.4. The highest BCUT2D eigenvalue weighted by Gasteiger charge is 2.46. The zero-order valence-corrected chi connectivity index (χ0v) is 14.9. The van der Waals surface area contributed by atoms with Crippen molar-refractivity contribution in [3.63, 3.8) is 0 Å². The second-order valence-corrected chi connectivity index (χ2v) is 6.55. The predicted molar refractivity (Wildman–Crippen MR) is 94.8 cm³/mol. The van der Waals surface area contributed by atoms with E-state index in [2.05, 4.69) is 15.3 Å². The normalized spacial score (nSPS) is 24.9. The van der Waals surface area contributed by atoms with E-state index in [1.165, 1.54) is 24.4 Å². The van der Waals surface area contributed by atoms with Crippen LogP contribution in [0.3, 0.4) is 0 Å². The van der Waals surface area contributed by atoms with Crippen LogP contribution in [-0.4, -0.2) is 75.5 Å². The molecule has 0 spiro atoms. The molecule has 4 N–H and O–H groups in total. The number of imidazole rings is 1. The third-order valence-electron chi connectivity index (χ3n) is 4.70. The van der Waals surface area contributed by atoms with Crippen molar-refractivity contribution in [3.05, 3.63) is 48.3 Å². The number of carbonyl (C=O) groups is 1. The van der Waals surface area contributed by atoms with Crippen molar-refractivity contribution in [2.45, 2.75) is 30.7 Å². The van der Waals surface area contributed by atoms with Crippen LogP contribution in [0.2, 0.25) is 0 Å². The average Bonchev–Trinajstić information content (AvgIpc) is 3.25. The van der Waals surface area contributed by atoms with Crippen molar-refractivity contribution >= 4 is 5.91 Å². The lowest BCUT2D eigenvalue weighted by atomic mass is 10.1. The number of likely N-dealkylation sites (N-methyl/N-ethyl adjacent to an activating group) is 1. The Morgan fingerprint density at radius 3 is 3.00 bits per heavy atom. The van der Waals surface area contributed by atoms with Crippen molar-refractivity contribution in [1.82, 2.24) is 20.2 Å². The smallest absolute Gasteiger partial charge is 0.287 e. The molecule has 8 nitrogen and oxygen atoms in total. The van der Waals surface area contributed by atoms with Crippen LogP contribution in [-0.2, 0) is 0 Å². The molecule has 146 valence electrons. The molecule has 1 saturated carbocycles. The van der Waals surface area contributed by atoms with Gasteiger partial charge in [0.25, 0.3) is 5.91 Å². The summed E-state index contributed by atoms with van der Waals surface area (Å²) in [5.74, 6) is -0.356. The van der Waals surface area contributed by atoms with Crippen molar-refractivity contribution < 1.29 is 24.1 Å². The summed E-state index contributed by atoms with van der Waals surface area (Å²) in [4.78, 5) is 20.8. The first-order valence-corrected chi connectivity index (χ1v) is 8.71. The number of nitrogens with zero attached hydrogens (tertiary/aromatic N) is 2. The number of aromatic amines is 1. The second kappa shape index (κ2) is 8.47. The van der Waals surface area contributed by atoms with Crippen molar-refractivity contribution in [2.24, 2.45) is 0 Å². The SMILES string of the molecule is CN(CCO)[C@@H]1[C@@H](O)[C@H](Oc2cccc(F)c2)C[C@H]1NC(=O)c1ncc[nH]1. The molecule has 1 fully saturated rings. The van der Waals surface area contributed by atoms with Gasteiger partial charge in [0, 0.05) is 31.4 Å². The van der Waals surface area contributed by atoms with Gasteiger partial charge >= 0.3 is 0 Å². The highest BCUT2D eigenvalue weighted by Crippen LogP contribution is 2.29. The fourth-order valence-electron chi connectivity index (χ4n) is 3.47. The Morgan fingerprint density at radius 2 is 2.33 bits per heavy atom. The van der Waals surface area contributed by atoms with Gasteiger partial charge in [-0.05, 0) is 19.2 Å². The lowest BCUT2D eigenvalue weighted by molar-refractivity contribution is 0.0109. The van der Waals surface area contributed by atoms with Crippen LogP contribution in [0.25, 0.3) is 0 Å². The Kier molecular flexibility index (Phi) is 6.04. The van der Waals surface area contributed by atoms with Gasteiger partial charge in [-0.25, -0.2) is 9.37 Å². The minimum absolute atomic E-state index is 0.0893. The molecular weight excluding hydrogens is 355 g/mol. The number of amides is 1. The van der Waals surface area contributed by atoms with Crippen LogP contribution in [0.1, 0.15) is 17.0 Å². The number of rotatable bonds is 7. The van der Waals surface area contributed by atoms with E-state index >= 15 is 0 Å². The van der Waals surface area contributed by atoms with Crippen LogP contribution in [0.15, 0.2) is 36.7 Å². The maximum atomic E-state index is 13.4. The first kappa shape index (κ1) is 19.3. The van der Waals surface area contributed by atoms with Gasteiger partial charge in [-0.2, -0.15) is 0 Å². The molecular formula is C18H23FN4O4. The molecule has 0 radical (unpaired) electrons. The number of carbonyl (C=O) groups excluding carboxylic acids is 1. The molecule has 0 aliphatic heterocycles. The molecule has 0 saturated heterocycles. The molecule has 1 amide bonds. The van der Waals surface area contributed by atoms with Gasteiger partial charge < -0.3 is 25.3 Å². The summed E-state index contributed by atoms with van der Waals surface area (Å²) >= 11 is 0. The van der Waals surface area contributed by atoms with E-state index in [1.54, 1.807) is 24.2 Å². The van der Waals surface area contributed by atoms with Gasteiger partial charge in [0.05, 0.1) is 18.7 Å². The third kappa shape index (κ3) is 4.44. The van der Waals surface area contributed by atoms with Crippen LogP contribution in [0, 0.1) is 5.82 Å². The number of halogens is 1. The average molecular weight is 378 g/mol. The molecule has 0 bridgehead atoms. The number of aliphatic hydroxyl groups excluding tert-OH is 2. The molecule has 4 atom stereocenters. The Bertz CT molecular complexity index is 758. The molecule has 27 heavy (non-hydrogen) atoms. The monoisotopic (exact) mass is 378 g/mol. The highest BCUT2D eigenvalue weighted by atomic mass is 19.1. The zero-order valence-electron chi connectivity index (χ0n) is 14.9. The molecule has 9 heteroatoms. The standard InChI is InChI=1S/C18H23FN4O4/c1-23(7-8-24)15-13(22-18(26)17-20-5-6-21-17)10-14(16(15)25)27-12-4-2-3-11(19)9-12/h2-6,9,13-16,24-25H,7-8,10H2,1H3,(H,20,21)(H,22,26)/t13-,14-,15+,16+/m1/s1. The van der Waals surface area contributed by atoms with E-state index < -0.39 is 36.0 Å². The maximum Gasteiger partial charge on any atom is 0.287 e. The topological polar surface area (TPSA) is 111 Å². The van der Waals surface area contributed by atoms with E-state index in [1.807, 2.05) is 0 Å². The second-order valence-electron chi connectivity index (χ2n) is 6.55. The van der Waals surface area contributed by atoms with E-state index in [0.717, 1.165) is 0 Å². The molecule has 1 aromatic heterocycles. The van der Waals surface area contributed by atoms with Gasteiger partial charge in [0.2, 0.25) is 0 Å². The molecule has 1 aliphatic rings. The Balaban J connectivity index is 1.76. The summed E-state index contributed by atoms with van der Waals surface area (Å²) in [5.41, 5.74) is 0. The van der Waals surface area contributed by atoms with Gasteiger partial charge in [-0.15, -0.1) is 0 Å². The van der Waals surface area contributed by atoms with E-state index in [4.69, 9.17) is 4.74 Å². The summed E-state index contributed by atoms with van der Waals surface area (Å²) in [6.07, 6.45) is 1.77. The van der Waals surface area contributed by atoms with Gasteiger partial charge in [-0.3, -0.25) is 9.69 Å². The largest absolute Gasteiger partial charge is 0.487 e. The number of H-pyrrole nitrogens is 1. The summed E-state index contributed by atoms with van der Waals surface area (Å²) < 4.78 is 19.2. The van der Waals surface area contributed by atoms with E-state index in [-0.39, 0.29) is 12.4 Å². The third-order valence-corrected chi connectivity index (χ3v) is 4.70. The Morgan fingerprint density at radius 1 is 1.52 bits per heavy atom. The quantitative estimate of drug-likeness (QED) is 0.546. The van der Waals surface area contributed by atoms with Crippen LogP contribution >= 0.6 is 0 Å². The minimum Gasteiger partial charge on any atom is -0.487 e. The minimum atomic E-state index is -0.938. The first-order valence-electron chi connectivity index (χ1n) is 8.71. The summed E-state index contributed by atoms with van der Waals surface area (Å²) in [6.45, 7) is 0.232. The number of hydrogen-bond donors (Lipinski definition) is 4. The van der Waals surface area contributed by atoms with Crippen LogP contribution in [0.5, 0.6) is 5.75 Å². The number of aromatic nitrogens is 2. The van der Waals surface area contributed by atoms with Gasteiger partial charge in [0.15, 0.2) is 5.82 Å². The number of benzene rings is 1. The van der Waals surface area contributed by atoms with E-state index in [9.17, 15) is 19.4 Å². The summed E-state index contributed by atoms with van der Waals surface area (Å²) in [6, 6.07) is 4.77. The van der Waals surface area contributed by atoms with Gasteiger partial charge in [-0.1, -0.05) is 6.07 Å². The molecule has 0 unspecified atom stereocenters. The number of nitrogens with one attached hydrogen (secondary N) is 2. The van der Waals surface area contributed by atoms with Crippen LogP contribution in [0.4, 0.5) is 4.39 Å². The van der Waals surface area contributed by atoms with Crippen molar-refractivity contribution in [2.75, 3.05) is 20.2 Å². The number of ether oxygens (including phenoxy) is 1. The molecule has 1 heterocycles. The number of aliphatic hydroxyl groups is 2. The molecule has 1 aliphatic carbocycles. The Hall–Kier alpha value is -2.49. The van der Waals surface area contributed by atoms with Crippen molar-refractivity contribution in [3.8, 4) is 5.75 Å². The Labute approximate surface area is 156 Å². The molecule has 1 aromatic carbocycles. The van der Waals surface area contributed by atoms with Gasteiger partial charge in [0.1, 0.15) is 23.8 Å². The predicted octanol–water partition coefficient (Wildman–Crippen LogP) is 0.152. The van der Waals surface area contributed by atoms with E-state index in [0.29, 0.717) is 18.7 Å². The lowest BCUT2D eigenvalue weighted by Gasteiger charge is -2.31. The fourth-order valence-corrected chi connectivity index (χ4v) is 3.47. The van der Waals surface area contributed by atoms with Crippen molar-refractivity contribution in [1.29, 1.82) is 0 Å². The molecule has 2 aromatic rings. The summed E-state index contributed by atoms with van der Waals surface area (Å²) in [5, 5.41) is 22.9. The summed E-state index contributed by atoms with van der Waals surface area (Å²) in [7, 11) is 1.75. The molecule has 3 rings (SSSR count). The first-order chi connectivity index (χ1) is 13.0. The zero-order chi connectivity index (χ0) is 19.4. The lowest BCUT2D eigenvalue weighted by Crippen LogP contribution is -2.52.